The van der Waals surface area contributed by atoms with Crippen molar-refractivity contribution in [3.63, 3.8) is 0 Å². The Morgan fingerprint density at radius 3 is 2.83 bits per heavy atom. The molecule has 0 aliphatic rings. The summed E-state index contributed by atoms with van der Waals surface area (Å²) in [6.07, 6.45) is 3.13. The number of hydrogen-bond donors (Lipinski definition) is 2. The molecule has 5 heteroatoms. The quantitative estimate of drug-likeness (QED) is 0.647. The number of anilines is 1. The van der Waals surface area contributed by atoms with Crippen LogP contribution >= 0.6 is 0 Å². The van der Waals surface area contributed by atoms with Gasteiger partial charge in [0.2, 0.25) is 0 Å². The molecule has 3 aromatic rings. The summed E-state index contributed by atoms with van der Waals surface area (Å²) >= 11 is 0. The molecular formula is C13H9F2N3. The summed E-state index contributed by atoms with van der Waals surface area (Å²) in [6.45, 7) is 0. The lowest BCUT2D eigenvalue weighted by Gasteiger charge is -2.07. The molecule has 0 unspecified atom stereocenters. The Kier molecular flexibility index (Phi) is 2.26. The molecular weight excluding hydrogens is 236 g/mol. The largest absolute Gasteiger partial charge is 0.396 e. The van der Waals surface area contributed by atoms with E-state index in [9.17, 15) is 8.78 Å². The van der Waals surface area contributed by atoms with Crippen LogP contribution in [-0.4, -0.2) is 9.97 Å². The normalized spacial score (nSPS) is 11.0. The first-order valence-corrected chi connectivity index (χ1v) is 5.34. The molecule has 0 spiro atoms. The summed E-state index contributed by atoms with van der Waals surface area (Å²) in [7, 11) is 0. The summed E-state index contributed by atoms with van der Waals surface area (Å²) in [6, 6.07) is 5.80. The minimum atomic E-state index is -0.758. The van der Waals surface area contributed by atoms with Gasteiger partial charge in [-0.3, -0.25) is 0 Å². The van der Waals surface area contributed by atoms with Gasteiger partial charge in [0.15, 0.2) is 5.82 Å². The molecule has 0 saturated heterocycles. The van der Waals surface area contributed by atoms with Crippen molar-refractivity contribution in [3.05, 3.63) is 48.3 Å². The molecule has 3 rings (SSSR count). The Hall–Kier alpha value is -2.43. The smallest absolute Gasteiger partial charge is 0.156 e. The van der Waals surface area contributed by atoms with Crippen LogP contribution in [0.2, 0.25) is 0 Å². The van der Waals surface area contributed by atoms with Gasteiger partial charge in [-0.15, -0.1) is 0 Å². The lowest BCUT2D eigenvalue weighted by molar-refractivity contribution is 0.592. The number of hydrogen-bond acceptors (Lipinski definition) is 2. The number of aromatic nitrogens is 2. The molecule has 0 amide bonds. The maximum atomic E-state index is 13.9. The van der Waals surface area contributed by atoms with E-state index in [1.54, 1.807) is 18.3 Å². The van der Waals surface area contributed by atoms with E-state index in [0.717, 1.165) is 11.5 Å². The molecule has 0 radical (unpaired) electrons. The van der Waals surface area contributed by atoms with E-state index in [0.29, 0.717) is 11.2 Å². The molecule has 1 aromatic carbocycles. The van der Waals surface area contributed by atoms with E-state index in [1.807, 2.05) is 0 Å². The fourth-order valence-corrected chi connectivity index (χ4v) is 1.91. The summed E-state index contributed by atoms with van der Waals surface area (Å²) in [5.41, 5.74) is 6.26. The minimum absolute atomic E-state index is 0.0828. The third-order valence-electron chi connectivity index (χ3n) is 2.81. The van der Waals surface area contributed by atoms with Gasteiger partial charge in [-0.05, 0) is 24.3 Å². The van der Waals surface area contributed by atoms with Crippen molar-refractivity contribution in [1.82, 2.24) is 9.97 Å². The molecule has 2 aromatic heterocycles. The van der Waals surface area contributed by atoms with Crippen molar-refractivity contribution >= 4 is 16.7 Å². The highest BCUT2D eigenvalue weighted by molar-refractivity contribution is 5.82. The molecule has 90 valence electrons. The molecule has 0 fully saturated rings. The highest BCUT2D eigenvalue weighted by Crippen LogP contribution is 2.30. The van der Waals surface area contributed by atoms with Crippen LogP contribution in [-0.2, 0) is 0 Å². The second kappa shape index (κ2) is 3.80. The Morgan fingerprint density at radius 1 is 1.17 bits per heavy atom. The molecule has 0 aliphatic heterocycles. The highest BCUT2D eigenvalue weighted by Gasteiger charge is 2.14. The van der Waals surface area contributed by atoms with Crippen molar-refractivity contribution in [2.24, 2.45) is 0 Å². The van der Waals surface area contributed by atoms with Crippen LogP contribution in [0.3, 0.4) is 0 Å². The van der Waals surface area contributed by atoms with Crippen LogP contribution in [0, 0.1) is 11.6 Å². The second-order valence-electron chi connectivity index (χ2n) is 3.97. The summed E-state index contributed by atoms with van der Waals surface area (Å²) < 4.78 is 27.6. The van der Waals surface area contributed by atoms with Gasteiger partial charge in [0.25, 0.3) is 0 Å². The van der Waals surface area contributed by atoms with Gasteiger partial charge in [-0.2, -0.15) is 0 Å². The third-order valence-corrected chi connectivity index (χ3v) is 2.81. The first-order valence-electron chi connectivity index (χ1n) is 5.34. The van der Waals surface area contributed by atoms with E-state index in [1.165, 1.54) is 12.3 Å². The van der Waals surface area contributed by atoms with Crippen molar-refractivity contribution < 1.29 is 8.78 Å². The number of nitrogens with zero attached hydrogens (tertiary/aromatic N) is 1. The number of benzene rings is 1. The van der Waals surface area contributed by atoms with Gasteiger partial charge < -0.3 is 10.7 Å². The molecule has 0 bridgehead atoms. The van der Waals surface area contributed by atoms with Crippen LogP contribution in [0.4, 0.5) is 14.5 Å². The van der Waals surface area contributed by atoms with E-state index in [-0.39, 0.29) is 11.3 Å². The minimum Gasteiger partial charge on any atom is -0.396 e. The highest BCUT2D eigenvalue weighted by atomic mass is 19.1. The fraction of sp³-hybridized carbons (Fsp3) is 0. The first-order chi connectivity index (χ1) is 8.66. The maximum Gasteiger partial charge on any atom is 0.156 e. The zero-order valence-corrected chi connectivity index (χ0v) is 9.24. The SMILES string of the molecule is Nc1ccc(F)c(-c2cnc3[nH]ccc3c2)c1F. The van der Waals surface area contributed by atoms with Gasteiger partial charge in [0.1, 0.15) is 11.5 Å². The number of H-pyrrole nitrogens is 1. The van der Waals surface area contributed by atoms with Gasteiger partial charge in [-0.25, -0.2) is 13.8 Å². The van der Waals surface area contributed by atoms with Gasteiger partial charge in [0, 0.05) is 23.3 Å². The molecule has 2 heterocycles. The van der Waals surface area contributed by atoms with Gasteiger partial charge >= 0.3 is 0 Å². The molecule has 3 nitrogen and oxygen atoms in total. The number of nitrogens with one attached hydrogen (secondary N) is 1. The lowest BCUT2D eigenvalue weighted by Crippen LogP contribution is -1.97. The average molecular weight is 245 g/mol. The summed E-state index contributed by atoms with van der Waals surface area (Å²) in [5, 5.41) is 0.786. The molecule has 3 N–H and O–H groups in total. The number of fused-ring (bicyclic) bond motifs is 1. The number of nitrogens with two attached hydrogens (primary N) is 1. The molecule has 0 saturated carbocycles. The number of nitrogen functional groups attached to an aromatic ring is 1. The lowest BCUT2D eigenvalue weighted by atomic mass is 10.0. The second-order valence-corrected chi connectivity index (χ2v) is 3.97. The zero-order chi connectivity index (χ0) is 12.7. The van der Waals surface area contributed by atoms with Crippen LogP contribution in [0.15, 0.2) is 36.7 Å². The monoisotopic (exact) mass is 245 g/mol. The summed E-state index contributed by atoms with van der Waals surface area (Å²) in [5.74, 6) is -1.41. The standard InChI is InChI=1S/C13H9F2N3/c14-9-1-2-10(16)12(15)11(9)8-5-7-3-4-17-13(7)18-6-8/h1-6H,16H2,(H,17,18). The topological polar surface area (TPSA) is 54.7 Å². The van der Waals surface area contributed by atoms with Gasteiger partial charge in [-0.1, -0.05) is 0 Å². The Labute approximate surface area is 101 Å². The van der Waals surface area contributed by atoms with Crippen molar-refractivity contribution in [2.75, 3.05) is 5.73 Å². The van der Waals surface area contributed by atoms with Crippen molar-refractivity contribution in [3.8, 4) is 11.1 Å². The van der Waals surface area contributed by atoms with E-state index in [2.05, 4.69) is 9.97 Å². The third kappa shape index (κ3) is 1.52. The predicted octanol–water partition coefficient (Wildman–Crippen LogP) is 3.09. The van der Waals surface area contributed by atoms with E-state index in [4.69, 9.17) is 5.73 Å². The van der Waals surface area contributed by atoms with Crippen LogP contribution < -0.4 is 5.73 Å². The number of halogens is 2. The fourth-order valence-electron chi connectivity index (χ4n) is 1.91. The van der Waals surface area contributed by atoms with Crippen LogP contribution in [0.25, 0.3) is 22.2 Å². The molecule has 0 aliphatic carbocycles. The Bertz CT molecular complexity index is 734. The molecule has 0 atom stereocenters. The zero-order valence-electron chi connectivity index (χ0n) is 9.24. The van der Waals surface area contributed by atoms with Crippen LogP contribution in [0.5, 0.6) is 0 Å². The van der Waals surface area contributed by atoms with Crippen molar-refractivity contribution in [1.29, 1.82) is 0 Å². The Balaban J connectivity index is 2.28. The number of rotatable bonds is 1. The van der Waals surface area contributed by atoms with E-state index >= 15 is 0 Å². The number of aromatic amines is 1. The predicted molar refractivity (Wildman–Crippen MR) is 65.9 cm³/mol. The van der Waals surface area contributed by atoms with E-state index < -0.39 is 11.6 Å². The van der Waals surface area contributed by atoms with Gasteiger partial charge in [0.05, 0.1) is 11.3 Å². The molecule has 18 heavy (non-hydrogen) atoms. The number of pyridine rings is 1. The average Bonchev–Trinajstić information content (AvgIpc) is 2.82. The summed E-state index contributed by atoms with van der Waals surface area (Å²) in [4.78, 5) is 7.02. The van der Waals surface area contributed by atoms with Crippen molar-refractivity contribution in [2.45, 2.75) is 0 Å². The first kappa shape index (κ1) is 10.7. The maximum absolute atomic E-state index is 13.9. The van der Waals surface area contributed by atoms with Crippen LogP contribution in [0.1, 0.15) is 0 Å². The Morgan fingerprint density at radius 2 is 2.00 bits per heavy atom.